The third-order valence-electron chi connectivity index (χ3n) is 6.21. The van der Waals surface area contributed by atoms with Crippen LogP contribution >= 0.6 is 15.9 Å². The molecular formula is C25H22BrN5O3. The summed E-state index contributed by atoms with van der Waals surface area (Å²) in [4.78, 5) is 29.1. The van der Waals surface area contributed by atoms with E-state index in [1.54, 1.807) is 35.2 Å². The molecule has 34 heavy (non-hydrogen) atoms. The van der Waals surface area contributed by atoms with Crippen LogP contribution in [0.5, 0.6) is 0 Å². The average Bonchev–Trinajstić information content (AvgIpc) is 3.33. The molecule has 172 valence electrons. The molecule has 1 fully saturated rings. The molecule has 2 heterocycles. The molecule has 2 aromatic carbocycles. The van der Waals surface area contributed by atoms with Crippen LogP contribution in [-0.4, -0.2) is 25.4 Å². The van der Waals surface area contributed by atoms with Crippen molar-refractivity contribution in [3.63, 3.8) is 0 Å². The van der Waals surface area contributed by atoms with Crippen molar-refractivity contribution in [2.45, 2.75) is 38.0 Å². The fourth-order valence-electron chi connectivity index (χ4n) is 4.51. The first kappa shape index (κ1) is 22.2. The zero-order valence-electron chi connectivity index (χ0n) is 18.3. The number of nitrogens with zero attached hydrogens (tertiary/aromatic N) is 5. The lowest BCUT2D eigenvalue weighted by Crippen LogP contribution is -2.25. The topological polar surface area (TPSA) is 95.3 Å². The second-order valence-electron chi connectivity index (χ2n) is 8.41. The van der Waals surface area contributed by atoms with Gasteiger partial charge in [0.15, 0.2) is 0 Å². The Bertz CT molecular complexity index is 1470. The number of fused-ring (bicyclic) bond motifs is 1. The van der Waals surface area contributed by atoms with Gasteiger partial charge in [-0.25, -0.2) is 4.98 Å². The average molecular weight is 520 g/mol. The van der Waals surface area contributed by atoms with Crippen LogP contribution < -0.4 is 5.56 Å². The second-order valence-corrected chi connectivity index (χ2v) is 9.32. The van der Waals surface area contributed by atoms with E-state index in [-0.39, 0.29) is 17.2 Å². The minimum absolute atomic E-state index is 0.00852. The van der Waals surface area contributed by atoms with Gasteiger partial charge in [-0.1, -0.05) is 41.3 Å². The number of halogens is 1. The fourth-order valence-corrected chi connectivity index (χ4v) is 4.87. The maximum atomic E-state index is 13.5. The predicted octanol–water partition coefficient (Wildman–Crippen LogP) is 5.79. The largest absolute Gasteiger partial charge is 0.315 e. The molecule has 0 atom stereocenters. The van der Waals surface area contributed by atoms with Gasteiger partial charge in [-0.3, -0.25) is 14.9 Å². The first-order valence-electron chi connectivity index (χ1n) is 11.2. The summed E-state index contributed by atoms with van der Waals surface area (Å²) in [6.07, 6.45) is 8.79. The van der Waals surface area contributed by atoms with Gasteiger partial charge in [0, 0.05) is 28.7 Å². The Labute approximate surface area is 203 Å². The van der Waals surface area contributed by atoms with Crippen LogP contribution in [-0.2, 0) is 0 Å². The first-order valence-corrected chi connectivity index (χ1v) is 12.0. The van der Waals surface area contributed by atoms with Crippen molar-refractivity contribution in [2.75, 3.05) is 0 Å². The van der Waals surface area contributed by atoms with E-state index in [2.05, 4.69) is 21.0 Å². The van der Waals surface area contributed by atoms with Gasteiger partial charge in [0.05, 0.1) is 33.4 Å². The normalized spacial score (nSPS) is 14.7. The van der Waals surface area contributed by atoms with Crippen LogP contribution in [0.2, 0.25) is 0 Å². The summed E-state index contributed by atoms with van der Waals surface area (Å²) in [5.74, 6) is 0.861. The quantitative estimate of drug-likeness (QED) is 0.189. The lowest BCUT2D eigenvalue weighted by Gasteiger charge is -2.22. The Kier molecular flexibility index (Phi) is 6.10. The molecule has 9 heteroatoms. The maximum Gasteiger partial charge on any atom is 0.282 e. The van der Waals surface area contributed by atoms with Crippen LogP contribution in [0.3, 0.4) is 0 Å². The Morgan fingerprint density at radius 1 is 1.09 bits per heavy atom. The van der Waals surface area contributed by atoms with E-state index in [0.29, 0.717) is 28.1 Å². The highest BCUT2D eigenvalue weighted by Crippen LogP contribution is 2.32. The van der Waals surface area contributed by atoms with Gasteiger partial charge in [-0.05, 0) is 49.2 Å². The van der Waals surface area contributed by atoms with Crippen molar-refractivity contribution < 1.29 is 4.92 Å². The Hall–Kier alpha value is -3.59. The number of nitro benzene ring substituents is 1. The summed E-state index contributed by atoms with van der Waals surface area (Å²) >= 11 is 3.44. The number of hydrogen-bond acceptors (Lipinski definition) is 5. The zero-order chi connectivity index (χ0) is 23.7. The maximum absolute atomic E-state index is 13.5. The van der Waals surface area contributed by atoms with Crippen molar-refractivity contribution in [3.8, 4) is 5.69 Å². The van der Waals surface area contributed by atoms with Crippen LogP contribution in [0.15, 0.2) is 75.2 Å². The number of rotatable bonds is 5. The highest BCUT2D eigenvalue weighted by molar-refractivity contribution is 9.10. The van der Waals surface area contributed by atoms with E-state index >= 15 is 0 Å². The Morgan fingerprint density at radius 2 is 1.91 bits per heavy atom. The van der Waals surface area contributed by atoms with Crippen molar-refractivity contribution in [1.29, 1.82) is 0 Å². The monoisotopic (exact) mass is 519 g/mol. The molecule has 0 saturated heterocycles. The SMILES string of the molecule is O=c1c2cc(Br)ccc2nc(C2CCCCC2)n1N=Cc1cccn1-c1cccc([N+](=O)[O-])c1. The summed E-state index contributed by atoms with van der Waals surface area (Å²) in [6.45, 7) is 0. The van der Waals surface area contributed by atoms with Crippen LogP contribution in [0.25, 0.3) is 16.6 Å². The molecule has 2 aromatic heterocycles. The standard InChI is InChI=1S/C25H22BrN5O3/c26-18-11-12-23-22(14-18)25(32)30(24(28-23)17-6-2-1-3-7-17)27-16-21-10-5-13-29(21)19-8-4-9-20(15-19)31(33)34/h4-5,8-17H,1-3,6-7H2. The lowest BCUT2D eigenvalue weighted by atomic mass is 9.88. The molecule has 0 amide bonds. The third-order valence-corrected chi connectivity index (χ3v) is 6.70. The molecule has 0 unspecified atom stereocenters. The highest BCUT2D eigenvalue weighted by atomic mass is 79.9. The van der Waals surface area contributed by atoms with E-state index in [4.69, 9.17) is 4.98 Å². The van der Waals surface area contributed by atoms with Gasteiger partial charge >= 0.3 is 0 Å². The number of aromatic nitrogens is 3. The van der Waals surface area contributed by atoms with Crippen LogP contribution in [0.4, 0.5) is 5.69 Å². The molecule has 0 N–H and O–H groups in total. The highest BCUT2D eigenvalue weighted by Gasteiger charge is 2.22. The van der Waals surface area contributed by atoms with Crippen molar-refractivity contribution >= 4 is 38.7 Å². The van der Waals surface area contributed by atoms with E-state index < -0.39 is 4.92 Å². The summed E-state index contributed by atoms with van der Waals surface area (Å²) < 4.78 is 4.03. The van der Waals surface area contributed by atoms with E-state index in [0.717, 1.165) is 30.2 Å². The molecule has 0 bridgehead atoms. The van der Waals surface area contributed by atoms with Crippen LogP contribution in [0, 0.1) is 10.1 Å². The zero-order valence-corrected chi connectivity index (χ0v) is 19.9. The second kappa shape index (κ2) is 9.34. The van der Waals surface area contributed by atoms with Crippen molar-refractivity contribution in [3.05, 3.63) is 97.3 Å². The Morgan fingerprint density at radius 3 is 2.71 bits per heavy atom. The predicted molar refractivity (Wildman–Crippen MR) is 135 cm³/mol. The third kappa shape index (κ3) is 4.31. The van der Waals surface area contributed by atoms with E-state index in [1.807, 2.05) is 24.3 Å². The van der Waals surface area contributed by atoms with E-state index in [9.17, 15) is 14.9 Å². The van der Waals surface area contributed by atoms with Gasteiger partial charge in [-0.2, -0.15) is 9.78 Å². The fraction of sp³-hybridized carbons (Fsp3) is 0.240. The summed E-state index contributed by atoms with van der Waals surface area (Å²) in [5.41, 5.74) is 1.79. The molecule has 0 spiro atoms. The van der Waals surface area contributed by atoms with Gasteiger partial charge in [-0.15, -0.1) is 0 Å². The lowest BCUT2D eigenvalue weighted by molar-refractivity contribution is -0.384. The first-order chi connectivity index (χ1) is 16.5. The molecule has 5 rings (SSSR count). The molecule has 1 aliphatic carbocycles. The summed E-state index contributed by atoms with van der Waals surface area (Å²) in [7, 11) is 0. The minimum Gasteiger partial charge on any atom is -0.315 e. The van der Waals surface area contributed by atoms with Gasteiger partial charge < -0.3 is 4.57 Å². The minimum atomic E-state index is -0.421. The van der Waals surface area contributed by atoms with Crippen molar-refractivity contribution in [2.24, 2.45) is 5.10 Å². The molecular weight excluding hydrogens is 498 g/mol. The molecule has 1 saturated carbocycles. The number of nitro groups is 1. The number of benzene rings is 2. The summed E-state index contributed by atoms with van der Waals surface area (Å²) in [6, 6.07) is 15.6. The smallest absolute Gasteiger partial charge is 0.282 e. The van der Waals surface area contributed by atoms with Gasteiger partial charge in [0.2, 0.25) is 0 Å². The molecule has 8 nitrogen and oxygen atoms in total. The Balaban J connectivity index is 1.61. The number of hydrogen-bond donors (Lipinski definition) is 0. The van der Waals surface area contributed by atoms with Gasteiger partial charge in [0.1, 0.15) is 5.82 Å². The van der Waals surface area contributed by atoms with E-state index in [1.165, 1.54) is 23.2 Å². The summed E-state index contributed by atoms with van der Waals surface area (Å²) in [5, 5.41) is 16.3. The molecule has 4 aromatic rings. The molecule has 1 aliphatic rings. The van der Waals surface area contributed by atoms with Crippen molar-refractivity contribution in [1.82, 2.24) is 14.2 Å². The van der Waals surface area contributed by atoms with Crippen LogP contribution in [0.1, 0.15) is 49.5 Å². The van der Waals surface area contributed by atoms with Gasteiger partial charge in [0.25, 0.3) is 11.2 Å². The molecule has 0 aliphatic heterocycles. The molecule has 0 radical (unpaired) electrons. The number of non-ortho nitro benzene ring substituents is 1.